The van der Waals surface area contributed by atoms with E-state index in [4.69, 9.17) is 4.74 Å². The molecule has 1 aliphatic carbocycles. The molecule has 0 N–H and O–H groups in total. The number of hydrogen-bond donors (Lipinski definition) is 0. The summed E-state index contributed by atoms with van der Waals surface area (Å²) in [5.74, 6) is -0.267. The van der Waals surface area contributed by atoms with Crippen LogP contribution in [0, 0.1) is 0 Å². The molecule has 0 radical (unpaired) electrons. The van der Waals surface area contributed by atoms with Crippen LogP contribution in [-0.2, 0) is 30.6 Å². The van der Waals surface area contributed by atoms with Gasteiger partial charge in [-0.3, -0.25) is 9.78 Å². The topological polar surface area (TPSA) is 96.9 Å². The van der Waals surface area contributed by atoms with Gasteiger partial charge in [-0.2, -0.15) is 4.31 Å². The van der Waals surface area contributed by atoms with Crippen molar-refractivity contribution < 1.29 is 22.7 Å². The molecule has 1 atom stereocenters. The van der Waals surface area contributed by atoms with Crippen molar-refractivity contribution in [3.05, 3.63) is 71.1 Å². The lowest BCUT2D eigenvalue weighted by molar-refractivity contribution is -0.134. The number of amides is 1. The molecule has 182 valence electrons. The average Bonchev–Trinajstić information content (AvgIpc) is 3.49. The fraction of sp³-hybridized carbons (Fsp3) is 0.423. The van der Waals surface area contributed by atoms with Crippen molar-refractivity contribution in [1.82, 2.24) is 14.2 Å². The number of carbonyl (C=O) groups excluding carboxylic acids is 2. The van der Waals surface area contributed by atoms with E-state index in [0.29, 0.717) is 44.6 Å². The van der Waals surface area contributed by atoms with Gasteiger partial charge in [0.05, 0.1) is 23.8 Å². The van der Waals surface area contributed by atoms with Gasteiger partial charge < -0.3 is 9.64 Å². The number of sulfonamides is 1. The van der Waals surface area contributed by atoms with Gasteiger partial charge in [-0.05, 0) is 42.0 Å². The molecule has 1 aromatic heterocycles. The van der Waals surface area contributed by atoms with Crippen molar-refractivity contribution in [3.8, 4) is 0 Å². The summed E-state index contributed by atoms with van der Waals surface area (Å²) in [7, 11) is -3.18. The van der Waals surface area contributed by atoms with Crippen LogP contribution in [-0.4, -0.2) is 66.9 Å². The van der Waals surface area contributed by atoms with Crippen LogP contribution in [0.2, 0.25) is 0 Å². The van der Waals surface area contributed by atoms with E-state index in [1.807, 2.05) is 41.3 Å². The van der Waals surface area contributed by atoms with E-state index in [9.17, 15) is 18.0 Å². The fourth-order valence-electron chi connectivity index (χ4n) is 5.77. The van der Waals surface area contributed by atoms with Gasteiger partial charge in [0.1, 0.15) is 0 Å². The third-order valence-electron chi connectivity index (χ3n) is 7.95. The summed E-state index contributed by atoms with van der Waals surface area (Å²) < 4.78 is 30.8. The Labute approximate surface area is 204 Å². The predicted molar refractivity (Wildman–Crippen MR) is 129 cm³/mol. The second kappa shape index (κ2) is 7.73. The first-order valence-electron chi connectivity index (χ1n) is 11.9. The van der Waals surface area contributed by atoms with Crippen molar-refractivity contribution in [2.45, 2.75) is 36.7 Å². The van der Waals surface area contributed by atoms with E-state index in [0.717, 1.165) is 35.1 Å². The van der Waals surface area contributed by atoms with Crippen LogP contribution in [0.5, 0.6) is 0 Å². The summed E-state index contributed by atoms with van der Waals surface area (Å²) in [4.78, 5) is 31.9. The van der Waals surface area contributed by atoms with E-state index in [-0.39, 0.29) is 11.9 Å². The van der Waals surface area contributed by atoms with E-state index < -0.39 is 21.0 Å². The number of aromatic nitrogens is 1. The van der Waals surface area contributed by atoms with Crippen molar-refractivity contribution in [1.29, 1.82) is 0 Å². The highest BCUT2D eigenvalue weighted by molar-refractivity contribution is 7.88. The number of ether oxygens (including phenoxy) is 1. The number of hydrogen-bond acceptors (Lipinski definition) is 6. The quantitative estimate of drug-likeness (QED) is 0.607. The third kappa shape index (κ3) is 3.60. The summed E-state index contributed by atoms with van der Waals surface area (Å²) >= 11 is 0. The molecule has 4 heterocycles. The predicted octanol–water partition coefficient (Wildman–Crippen LogP) is 2.46. The highest BCUT2D eigenvalue weighted by atomic mass is 32.2. The first-order valence-corrected chi connectivity index (χ1v) is 13.8. The molecule has 9 heteroatoms. The summed E-state index contributed by atoms with van der Waals surface area (Å²) in [6, 6.07) is 9.98. The van der Waals surface area contributed by atoms with E-state index in [2.05, 4.69) is 4.98 Å². The van der Waals surface area contributed by atoms with Gasteiger partial charge in [-0.1, -0.05) is 30.3 Å². The van der Waals surface area contributed by atoms with Crippen LogP contribution >= 0.6 is 0 Å². The molecule has 35 heavy (non-hydrogen) atoms. The summed E-state index contributed by atoms with van der Waals surface area (Å²) in [6.45, 7) is 1.80. The van der Waals surface area contributed by atoms with Crippen molar-refractivity contribution in [3.63, 3.8) is 0 Å². The van der Waals surface area contributed by atoms with E-state index >= 15 is 0 Å². The van der Waals surface area contributed by atoms with Crippen molar-refractivity contribution >= 4 is 27.5 Å². The molecule has 8 nitrogen and oxygen atoms in total. The van der Waals surface area contributed by atoms with Gasteiger partial charge in [0.15, 0.2) is 5.60 Å². The Morgan fingerprint density at radius 3 is 2.51 bits per heavy atom. The molecule has 4 aliphatic rings. The molecule has 1 spiro atoms. The Morgan fingerprint density at radius 2 is 1.86 bits per heavy atom. The Morgan fingerprint density at radius 1 is 1.09 bits per heavy atom. The van der Waals surface area contributed by atoms with E-state index in [1.165, 1.54) is 10.6 Å². The lowest BCUT2D eigenvalue weighted by atomic mass is 9.91. The lowest BCUT2D eigenvalue weighted by Gasteiger charge is -2.27. The summed E-state index contributed by atoms with van der Waals surface area (Å²) in [5, 5.41) is 0. The number of benzene rings is 1. The number of rotatable bonds is 4. The summed E-state index contributed by atoms with van der Waals surface area (Å²) in [5.41, 5.74) is 3.25. The van der Waals surface area contributed by atoms with Gasteiger partial charge in [0.2, 0.25) is 15.9 Å². The van der Waals surface area contributed by atoms with Crippen LogP contribution in [0.1, 0.15) is 52.7 Å². The average molecular weight is 494 g/mol. The Balaban J connectivity index is 1.18. The second-order valence-corrected chi connectivity index (χ2v) is 12.0. The maximum atomic E-state index is 13.7. The molecule has 1 aromatic carbocycles. The number of pyridine rings is 1. The maximum Gasteiger partial charge on any atom is 0.341 e. The number of carbonyl (C=O) groups is 2. The number of esters is 1. The van der Waals surface area contributed by atoms with E-state index in [1.54, 1.807) is 12.4 Å². The first-order chi connectivity index (χ1) is 16.7. The molecule has 0 unspecified atom stereocenters. The Bertz CT molecular complexity index is 1360. The first kappa shape index (κ1) is 22.4. The Hall–Kier alpha value is -3.04. The molecular formula is C26H27N3O5S. The molecule has 6 rings (SSSR count). The second-order valence-electron chi connectivity index (χ2n) is 10.0. The van der Waals surface area contributed by atoms with Crippen LogP contribution in [0.25, 0.3) is 5.57 Å². The largest absolute Gasteiger partial charge is 0.449 e. The molecular weight excluding hydrogens is 466 g/mol. The SMILES string of the molecule is CS(=O)(=O)N1CC=C(c2ccc(C3(C(=O)N4CC[C@@]5(C4)OC(=O)c4cnccc45)CC3)cc2)CC1. The van der Waals surface area contributed by atoms with Crippen LogP contribution < -0.4 is 0 Å². The zero-order chi connectivity index (χ0) is 24.4. The number of nitrogens with zero attached hydrogens (tertiary/aromatic N) is 3. The minimum absolute atomic E-state index is 0.0985. The molecule has 1 saturated carbocycles. The highest BCUT2D eigenvalue weighted by Gasteiger charge is 2.57. The molecule has 2 aromatic rings. The zero-order valence-electron chi connectivity index (χ0n) is 19.6. The van der Waals surface area contributed by atoms with Crippen molar-refractivity contribution in [2.24, 2.45) is 0 Å². The van der Waals surface area contributed by atoms with Gasteiger partial charge in [-0.25, -0.2) is 13.2 Å². The Kier molecular flexibility index (Phi) is 4.95. The van der Waals surface area contributed by atoms with Gasteiger partial charge in [0, 0.05) is 44.0 Å². The van der Waals surface area contributed by atoms with Gasteiger partial charge in [0.25, 0.3) is 0 Å². The summed E-state index contributed by atoms with van der Waals surface area (Å²) in [6.07, 6.45) is 9.29. The standard InChI is InChI=1S/C26H27N3O5S/c1-35(32,33)29-13-7-19(8-14-29)18-2-4-20(5-3-18)25(9-10-25)24(31)28-15-11-26(17-28)22-6-12-27-16-21(22)23(30)34-26/h2-7,12,16H,8-11,13-15,17H2,1H3/t26-/m0/s1. The molecule has 1 saturated heterocycles. The normalized spacial score (nSPS) is 25.3. The van der Waals surface area contributed by atoms with Crippen LogP contribution in [0.4, 0.5) is 0 Å². The van der Waals surface area contributed by atoms with Crippen molar-refractivity contribution in [2.75, 3.05) is 32.4 Å². The molecule has 0 bridgehead atoms. The zero-order valence-corrected chi connectivity index (χ0v) is 20.4. The van der Waals surface area contributed by atoms with Gasteiger partial charge >= 0.3 is 5.97 Å². The lowest BCUT2D eigenvalue weighted by Crippen LogP contribution is -2.40. The number of likely N-dealkylation sites (tertiary alicyclic amines) is 1. The molecule has 2 fully saturated rings. The number of fused-ring (bicyclic) bond motifs is 2. The smallest absolute Gasteiger partial charge is 0.341 e. The minimum atomic E-state index is -3.18. The molecule has 3 aliphatic heterocycles. The molecule has 1 amide bonds. The minimum Gasteiger partial charge on any atom is -0.449 e. The van der Waals surface area contributed by atoms with Gasteiger partial charge in [-0.15, -0.1) is 0 Å². The third-order valence-corrected chi connectivity index (χ3v) is 9.22. The fourth-order valence-corrected chi connectivity index (χ4v) is 6.54. The highest BCUT2D eigenvalue weighted by Crippen LogP contribution is 2.52. The monoisotopic (exact) mass is 493 g/mol. The van der Waals surface area contributed by atoms with Crippen LogP contribution in [0.15, 0.2) is 48.8 Å². The maximum absolute atomic E-state index is 13.7. The van der Waals surface area contributed by atoms with Crippen LogP contribution in [0.3, 0.4) is 0 Å².